The van der Waals surface area contributed by atoms with Gasteiger partial charge in [-0.1, -0.05) is 17.3 Å². The molecule has 0 aromatic heterocycles. The summed E-state index contributed by atoms with van der Waals surface area (Å²) in [4.78, 5) is 9.65. The maximum Gasteiger partial charge on any atom is 0.294 e. The molecule has 0 unspecified atom stereocenters. The zero-order valence-corrected chi connectivity index (χ0v) is 7.36. The van der Waals surface area contributed by atoms with Crippen molar-refractivity contribution in [2.75, 3.05) is 0 Å². The van der Waals surface area contributed by atoms with Gasteiger partial charge in [0.15, 0.2) is 0 Å². The standard InChI is InChI=1S/C7H7NO4S/c9-8-5-6-1-3-7(4-2-6)13(10,11)12/h1-4H,5H2,(H,10,11,12). The van der Waals surface area contributed by atoms with Gasteiger partial charge in [-0.2, -0.15) is 13.3 Å². The van der Waals surface area contributed by atoms with Crippen molar-refractivity contribution in [1.29, 1.82) is 0 Å². The summed E-state index contributed by atoms with van der Waals surface area (Å²) >= 11 is 0. The molecule has 1 rings (SSSR count). The first-order valence-corrected chi connectivity index (χ1v) is 4.83. The zero-order valence-electron chi connectivity index (χ0n) is 6.54. The lowest BCUT2D eigenvalue weighted by atomic mass is 10.2. The Morgan fingerprint density at radius 1 is 1.23 bits per heavy atom. The van der Waals surface area contributed by atoms with E-state index in [1.807, 2.05) is 0 Å². The summed E-state index contributed by atoms with van der Waals surface area (Å²) in [5, 5.41) is 2.64. The van der Waals surface area contributed by atoms with Crippen LogP contribution in [0.2, 0.25) is 0 Å². The van der Waals surface area contributed by atoms with Crippen molar-refractivity contribution in [2.45, 2.75) is 11.4 Å². The van der Waals surface area contributed by atoms with Crippen molar-refractivity contribution in [2.24, 2.45) is 5.18 Å². The van der Waals surface area contributed by atoms with Crippen molar-refractivity contribution in [3.05, 3.63) is 34.7 Å². The highest BCUT2D eigenvalue weighted by molar-refractivity contribution is 7.85. The van der Waals surface area contributed by atoms with E-state index in [1.165, 1.54) is 24.3 Å². The first kappa shape index (κ1) is 9.82. The third kappa shape index (κ3) is 2.60. The Kier molecular flexibility index (Phi) is 2.74. The SMILES string of the molecule is O=NCc1ccc(S(=O)(=O)O)cc1. The van der Waals surface area contributed by atoms with Crippen LogP contribution in [-0.4, -0.2) is 13.0 Å². The Bertz CT molecular complexity index is 395. The second-order valence-corrected chi connectivity index (χ2v) is 3.83. The van der Waals surface area contributed by atoms with Gasteiger partial charge in [-0.05, 0) is 17.7 Å². The fraction of sp³-hybridized carbons (Fsp3) is 0.143. The number of hydrogen-bond donors (Lipinski definition) is 1. The number of hydrogen-bond acceptors (Lipinski definition) is 4. The molecule has 5 nitrogen and oxygen atoms in total. The predicted molar refractivity (Wildman–Crippen MR) is 45.8 cm³/mol. The molecule has 0 aliphatic carbocycles. The van der Waals surface area contributed by atoms with Gasteiger partial charge in [-0.3, -0.25) is 4.55 Å². The van der Waals surface area contributed by atoms with Crippen molar-refractivity contribution < 1.29 is 13.0 Å². The first-order valence-electron chi connectivity index (χ1n) is 3.39. The molecule has 0 aliphatic heterocycles. The third-order valence-electron chi connectivity index (χ3n) is 1.47. The first-order chi connectivity index (χ1) is 6.04. The Balaban J connectivity index is 3.01. The van der Waals surface area contributed by atoms with Gasteiger partial charge in [0.25, 0.3) is 10.1 Å². The van der Waals surface area contributed by atoms with Gasteiger partial charge >= 0.3 is 0 Å². The van der Waals surface area contributed by atoms with Crippen LogP contribution in [0, 0.1) is 4.91 Å². The summed E-state index contributed by atoms with van der Waals surface area (Å²) in [5.74, 6) is 0. The smallest absolute Gasteiger partial charge is 0.282 e. The van der Waals surface area contributed by atoms with E-state index in [-0.39, 0.29) is 11.4 Å². The molecule has 1 aromatic rings. The minimum Gasteiger partial charge on any atom is -0.282 e. The largest absolute Gasteiger partial charge is 0.294 e. The second kappa shape index (κ2) is 3.63. The molecule has 1 N–H and O–H groups in total. The summed E-state index contributed by atoms with van der Waals surface area (Å²) in [6.07, 6.45) is 0. The van der Waals surface area contributed by atoms with Crippen LogP contribution in [0.1, 0.15) is 5.56 Å². The van der Waals surface area contributed by atoms with E-state index >= 15 is 0 Å². The molecule has 0 aliphatic rings. The lowest BCUT2D eigenvalue weighted by molar-refractivity contribution is 0.483. The molecule has 0 bridgehead atoms. The van der Waals surface area contributed by atoms with Crippen molar-refractivity contribution >= 4 is 10.1 Å². The minimum absolute atomic E-state index is 0.00818. The summed E-state index contributed by atoms with van der Waals surface area (Å²) in [6, 6.07) is 5.28. The van der Waals surface area contributed by atoms with Gasteiger partial charge in [0.05, 0.1) is 4.90 Å². The molecule has 13 heavy (non-hydrogen) atoms. The Morgan fingerprint density at radius 3 is 2.15 bits per heavy atom. The number of nitrogens with zero attached hydrogens (tertiary/aromatic N) is 1. The highest BCUT2D eigenvalue weighted by Gasteiger charge is 2.07. The van der Waals surface area contributed by atoms with E-state index in [0.29, 0.717) is 5.56 Å². The van der Waals surface area contributed by atoms with E-state index in [9.17, 15) is 13.3 Å². The van der Waals surface area contributed by atoms with Crippen molar-refractivity contribution in [1.82, 2.24) is 0 Å². The van der Waals surface area contributed by atoms with E-state index in [0.717, 1.165) is 0 Å². The molecule has 0 spiro atoms. The molecule has 0 radical (unpaired) electrons. The summed E-state index contributed by atoms with van der Waals surface area (Å²) in [6.45, 7) is -0.00818. The topological polar surface area (TPSA) is 83.8 Å². The van der Waals surface area contributed by atoms with Gasteiger partial charge in [-0.25, -0.2) is 0 Å². The minimum atomic E-state index is -4.14. The molecule has 1 aromatic carbocycles. The Hall–Kier alpha value is -1.27. The van der Waals surface area contributed by atoms with Crippen LogP contribution in [0.15, 0.2) is 34.3 Å². The van der Waals surface area contributed by atoms with Crippen LogP contribution in [0.3, 0.4) is 0 Å². The molecule has 0 atom stereocenters. The Morgan fingerprint density at radius 2 is 1.77 bits per heavy atom. The second-order valence-electron chi connectivity index (χ2n) is 2.41. The molecule has 0 saturated carbocycles. The fourth-order valence-corrected chi connectivity index (χ4v) is 1.32. The molecular formula is C7H7NO4S. The summed E-state index contributed by atoms with van der Waals surface area (Å²) in [7, 11) is -4.14. The van der Waals surface area contributed by atoms with Crippen molar-refractivity contribution in [3.8, 4) is 0 Å². The average molecular weight is 201 g/mol. The van der Waals surface area contributed by atoms with E-state index in [1.54, 1.807) is 0 Å². The molecule has 0 heterocycles. The van der Waals surface area contributed by atoms with Crippen molar-refractivity contribution in [3.63, 3.8) is 0 Å². The maximum absolute atomic E-state index is 10.6. The molecule has 0 amide bonds. The van der Waals surface area contributed by atoms with Crippen LogP contribution >= 0.6 is 0 Å². The summed E-state index contributed by atoms with van der Waals surface area (Å²) in [5.41, 5.74) is 0.599. The number of benzene rings is 1. The van der Waals surface area contributed by atoms with Crippen LogP contribution in [0.25, 0.3) is 0 Å². The predicted octanol–water partition coefficient (Wildman–Crippen LogP) is 1.20. The molecule has 6 heteroatoms. The normalized spacial score (nSPS) is 11.2. The average Bonchev–Trinajstić information content (AvgIpc) is 2.04. The van der Waals surface area contributed by atoms with Crippen LogP contribution < -0.4 is 0 Å². The zero-order chi connectivity index (χ0) is 9.90. The monoisotopic (exact) mass is 201 g/mol. The van der Waals surface area contributed by atoms with Gasteiger partial charge < -0.3 is 0 Å². The third-order valence-corrected chi connectivity index (χ3v) is 2.34. The quantitative estimate of drug-likeness (QED) is 0.588. The number of rotatable bonds is 3. The highest BCUT2D eigenvalue weighted by atomic mass is 32.2. The van der Waals surface area contributed by atoms with E-state index in [2.05, 4.69) is 5.18 Å². The van der Waals surface area contributed by atoms with Crippen LogP contribution in [0.4, 0.5) is 0 Å². The lowest BCUT2D eigenvalue weighted by Gasteiger charge is -1.97. The van der Waals surface area contributed by atoms with Gasteiger partial charge in [0, 0.05) is 0 Å². The lowest BCUT2D eigenvalue weighted by Crippen LogP contribution is -1.97. The summed E-state index contributed by atoms with van der Waals surface area (Å²) < 4.78 is 29.7. The molecule has 70 valence electrons. The van der Waals surface area contributed by atoms with E-state index in [4.69, 9.17) is 4.55 Å². The molecule has 0 fully saturated rings. The number of nitroso groups, excluding NO2 is 1. The van der Waals surface area contributed by atoms with Gasteiger partial charge in [-0.15, -0.1) is 0 Å². The fourth-order valence-electron chi connectivity index (χ4n) is 0.841. The van der Waals surface area contributed by atoms with Crippen LogP contribution in [0.5, 0.6) is 0 Å². The van der Waals surface area contributed by atoms with Gasteiger partial charge in [0.1, 0.15) is 6.54 Å². The van der Waals surface area contributed by atoms with E-state index < -0.39 is 10.1 Å². The maximum atomic E-state index is 10.6. The van der Waals surface area contributed by atoms with Gasteiger partial charge in [0.2, 0.25) is 0 Å². The Labute approximate surface area is 75.1 Å². The molecular weight excluding hydrogens is 194 g/mol. The molecule has 0 saturated heterocycles. The van der Waals surface area contributed by atoms with Crippen LogP contribution in [-0.2, 0) is 16.7 Å². The highest BCUT2D eigenvalue weighted by Crippen LogP contribution is 2.10.